The van der Waals surface area contributed by atoms with Crippen LogP contribution in [0.2, 0.25) is 5.02 Å². The van der Waals surface area contributed by atoms with Crippen molar-refractivity contribution in [2.75, 3.05) is 26.9 Å². The Bertz CT molecular complexity index is 1110. The summed E-state index contributed by atoms with van der Waals surface area (Å²) in [6.45, 7) is 1.90. The van der Waals surface area contributed by atoms with Gasteiger partial charge in [0.05, 0.1) is 25.3 Å². The second-order valence-electron chi connectivity index (χ2n) is 7.86. The molecule has 1 aromatic heterocycles. The maximum Gasteiger partial charge on any atom is 0.348 e. The normalized spacial score (nSPS) is 15.8. The molecule has 4 rings (SSSR count). The average Bonchev–Trinajstić information content (AvgIpc) is 3.29. The largest absolute Gasteiger partial charge is 0.494 e. The number of esters is 1. The van der Waals surface area contributed by atoms with Crippen molar-refractivity contribution < 1.29 is 28.1 Å². The van der Waals surface area contributed by atoms with Gasteiger partial charge in [0.15, 0.2) is 6.29 Å². The summed E-state index contributed by atoms with van der Waals surface area (Å²) in [7, 11) is 1.34. The number of carbonyl (C=O) groups excluding carboxylic acids is 1. The molecule has 2 heterocycles. The van der Waals surface area contributed by atoms with Gasteiger partial charge in [-0.3, -0.25) is 0 Å². The van der Waals surface area contributed by atoms with E-state index in [1.54, 1.807) is 12.1 Å². The van der Waals surface area contributed by atoms with Crippen LogP contribution in [0.4, 0.5) is 4.39 Å². The van der Waals surface area contributed by atoms with E-state index in [2.05, 4.69) is 0 Å². The van der Waals surface area contributed by atoms with Crippen LogP contribution in [0.15, 0.2) is 48.5 Å². The van der Waals surface area contributed by atoms with E-state index < -0.39 is 11.8 Å². The van der Waals surface area contributed by atoms with Crippen LogP contribution in [0.25, 0.3) is 21.6 Å². The number of rotatable bonds is 9. The Morgan fingerprint density at radius 1 is 1.12 bits per heavy atom. The van der Waals surface area contributed by atoms with E-state index in [9.17, 15) is 9.18 Å². The first-order valence-electron chi connectivity index (χ1n) is 11.2. The molecule has 0 radical (unpaired) electrons. The van der Waals surface area contributed by atoms with Gasteiger partial charge < -0.3 is 18.9 Å². The Morgan fingerprint density at radius 3 is 2.65 bits per heavy atom. The predicted octanol–water partition coefficient (Wildman–Crippen LogP) is 6.97. The van der Waals surface area contributed by atoms with Gasteiger partial charge >= 0.3 is 5.97 Å². The molecule has 0 saturated carbocycles. The van der Waals surface area contributed by atoms with Gasteiger partial charge in [-0.05, 0) is 61.2 Å². The number of carbonyl (C=O) groups is 1. The lowest BCUT2D eigenvalue weighted by molar-refractivity contribution is -0.163. The molecule has 0 spiro atoms. The molecule has 1 saturated heterocycles. The van der Waals surface area contributed by atoms with E-state index in [0.29, 0.717) is 23.7 Å². The van der Waals surface area contributed by atoms with Gasteiger partial charge in [0, 0.05) is 29.0 Å². The Balaban J connectivity index is 1.44. The third kappa shape index (κ3) is 6.16. The molecule has 0 bridgehead atoms. The highest BCUT2D eigenvalue weighted by atomic mass is 35.5. The molecule has 1 aliphatic rings. The van der Waals surface area contributed by atoms with Crippen molar-refractivity contribution in [2.24, 2.45) is 0 Å². The molecule has 1 atom stereocenters. The van der Waals surface area contributed by atoms with E-state index >= 15 is 0 Å². The van der Waals surface area contributed by atoms with Crippen LogP contribution in [0, 0.1) is 5.82 Å². The summed E-state index contributed by atoms with van der Waals surface area (Å²) in [5.74, 6) is -0.114. The van der Waals surface area contributed by atoms with Crippen LogP contribution in [-0.2, 0) is 14.2 Å². The quantitative estimate of drug-likeness (QED) is 0.232. The van der Waals surface area contributed by atoms with Gasteiger partial charge in [0.2, 0.25) is 0 Å². The minimum absolute atomic E-state index is 0.0858. The van der Waals surface area contributed by atoms with Gasteiger partial charge in [-0.15, -0.1) is 11.3 Å². The van der Waals surface area contributed by atoms with Crippen molar-refractivity contribution in [3.63, 3.8) is 0 Å². The van der Waals surface area contributed by atoms with Crippen LogP contribution in [-0.4, -0.2) is 39.2 Å². The van der Waals surface area contributed by atoms with Gasteiger partial charge in [-0.1, -0.05) is 23.7 Å². The minimum Gasteiger partial charge on any atom is -0.494 e. The number of thiophene rings is 1. The zero-order valence-corrected chi connectivity index (χ0v) is 20.4. The molecule has 34 heavy (non-hydrogen) atoms. The molecular formula is C26H26ClFO5S. The van der Waals surface area contributed by atoms with Crippen molar-refractivity contribution in [1.82, 2.24) is 0 Å². The molecule has 0 amide bonds. The third-order valence-electron chi connectivity index (χ3n) is 5.46. The predicted molar refractivity (Wildman–Crippen MR) is 131 cm³/mol. The number of hydrogen-bond acceptors (Lipinski definition) is 6. The molecule has 180 valence electrons. The standard InChI is InChI=1S/C26H26ClFO5S/c1-30-26(29)23-16-21(25(34-23)20-11-8-18(28)15-22(20)27)17-6-9-19(10-7-17)31-13-4-14-33-24-5-2-3-12-32-24/h6-11,15-16,24H,2-5,12-14H2,1H3. The fourth-order valence-corrected chi connectivity index (χ4v) is 5.17. The average molecular weight is 505 g/mol. The molecule has 8 heteroatoms. The highest BCUT2D eigenvalue weighted by Gasteiger charge is 2.20. The van der Waals surface area contributed by atoms with Gasteiger partial charge in [0.1, 0.15) is 16.4 Å². The van der Waals surface area contributed by atoms with Crippen molar-refractivity contribution in [3.05, 3.63) is 64.2 Å². The summed E-state index contributed by atoms with van der Waals surface area (Å²) < 4.78 is 35.6. The Labute approximate surface area is 207 Å². The molecule has 0 aliphatic carbocycles. The second-order valence-corrected chi connectivity index (χ2v) is 9.32. The van der Waals surface area contributed by atoms with Gasteiger partial charge in [-0.2, -0.15) is 0 Å². The molecule has 3 aromatic rings. The summed E-state index contributed by atoms with van der Waals surface area (Å²) >= 11 is 7.57. The number of methoxy groups -OCH3 is 1. The lowest BCUT2D eigenvalue weighted by atomic mass is 10.0. The summed E-state index contributed by atoms with van der Waals surface area (Å²) in [6, 6.07) is 13.6. The number of ether oxygens (including phenoxy) is 4. The Hall–Kier alpha value is -2.45. The maximum absolute atomic E-state index is 13.6. The highest BCUT2D eigenvalue weighted by molar-refractivity contribution is 7.18. The fourth-order valence-electron chi connectivity index (χ4n) is 3.72. The van der Waals surface area contributed by atoms with E-state index in [1.807, 2.05) is 24.3 Å². The maximum atomic E-state index is 13.6. The highest BCUT2D eigenvalue weighted by Crippen LogP contribution is 2.42. The Morgan fingerprint density at radius 2 is 1.94 bits per heavy atom. The molecule has 1 unspecified atom stereocenters. The fraction of sp³-hybridized carbons (Fsp3) is 0.346. The molecule has 2 aromatic carbocycles. The molecule has 1 aliphatic heterocycles. The summed E-state index contributed by atoms with van der Waals surface area (Å²) in [5.41, 5.74) is 2.35. The van der Waals surface area contributed by atoms with Crippen LogP contribution < -0.4 is 4.74 Å². The van der Waals surface area contributed by atoms with Gasteiger partial charge in [0.25, 0.3) is 0 Å². The number of halogens is 2. The van der Waals surface area contributed by atoms with Crippen molar-refractivity contribution >= 4 is 28.9 Å². The van der Waals surface area contributed by atoms with E-state index in [0.717, 1.165) is 54.0 Å². The first-order chi connectivity index (χ1) is 16.5. The van der Waals surface area contributed by atoms with Crippen LogP contribution in [0.1, 0.15) is 35.4 Å². The third-order valence-corrected chi connectivity index (χ3v) is 6.92. The SMILES string of the molecule is COC(=O)c1cc(-c2ccc(OCCCOC3CCCCO3)cc2)c(-c2ccc(F)cc2Cl)s1. The van der Waals surface area contributed by atoms with Crippen LogP contribution >= 0.6 is 22.9 Å². The van der Waals surface area contributed by atoms with E-state index in [-0.39, 0.29) is 11.3 Å². The zero-order chi connectivity index (χ0) is 23.9. The summed E-state index contributed by atoms with van der Waals surface area (Å²) in [6.07, 6.45) is 3.88. The molecule has 0 N–H and O–H groups in total. The zero-order valence-electron chi connectivity index (χ0n) is 18.9. The summed E-state index contributed by atoms with van der Waals surface area (Å²) in [5, 5.41) is 0.278. The van der Waals surface area contributed by atoms with Crippen molar-refractivity contribution in [1.29, 1.82) is 0 Å². The molecule has 5 nitrogen and oxygen atoms in total. The summed E-state index contributed by atoms with van der Waals surface area (Å²) in [4.78, 5) is 13.4. The van der Waals surface area contributed by atoms with Crippen LogP contribution in [0.3, 0.4) is 0 Å². The van der Waals surface area contributed by atoms with E-state index in [1.165, 1.54) is 30.6 Å². The molecule has 1 fully saturated rings. The van der Waals surface area contributed by atoms with Crippen molar-refractivity contribution in [3.8, 4) is 27.3 Å². The first-order valence-corrected chi connectivity index (χ1v) is 12.4. The number of hydrogen-bond donors (Lipinski definition) is 0. The van der Waals surface area contributed by atoms with Crippen molar-refractivity contribution in [2.45, 2.75) is 32.0 Å². The lowest BCUT2D eigenvalue weighted by Gasteiger charge is -2.22. The Kier molecular flexibility index (Phi) is 8.56. The smallest absolute Gasteiger partial charge is 0.348 e. The lowest BCUT2D eigenvalue weighted by Crippen LogP contribution is -2.23. The monoisotopic (exact) mass is 504 g/mol. The van der Waals surface area contributed by atoms with Crippen LogP contribution in [0.5, 0.6) is 5.75 Å². The molecular weight excluding hydrogens is 479 g/mol. The number of benzene rings is 2. The van der Waals surface area contributed by atoms with E-state index in [4.69, 9.17) is 30.5 Å². The van der Waals surface area contributed by atoms with Gasteiger partial charge in [-0.25, -0.2) is 9.18 Å². The minimum atomic E-state index is -0.434. The topological polar surface area (TPSA) is 54.0 Å². The second kappa shape index (κ2) is 11.8. The first kappa shape index (κ1) is 24.7.